The molecule has 5 heteroatoms. The molecular formula is C28H39F2NO2. The SMILES string of the molecule is CCCCCCCCCC.O=C1CCN(c2cc(F)c(F)c(OCc3ccccc3)c2)CC1. The van der Waals surface area contributed by atoms with Crippen LogP contribution in [0.1, 0.15) is 83.6 Å². The van der Waals surface area contributed by atoms with E-state index < -0.39 is 11.6 Å². The minimum absolute atomic E-state index is 0.110. The van der Waals surface area contributed by atoms with E-state index in [0.717, 1.165) is 11.6 Å². The zero-order chi connectivity index (χ0) is 23.9. The predicted molar refractivity (Wildman–Crippen MR) is 132 cm³/mol. The van der Waals surface area contributed by atoms with Gasteiger partial charge in [-0.1, -0.05) is 95.5 Å². The van der Waals surface area contributed by atoms with Gasteiger partial charge in [-0.3, -0.25) is 4.79 Å². The van der Waals surface area contributed by atoms with Crippen LogP contribution in [0.4, 0.5) is 14.5 Å². The van der Waals surface area contributed by atoms with Crippen molar-refractivity contribution in [1.82, 2.24) is 0 Å². The lowest BCUT2D eigenvalue weighted by atomic mass is 10.1. The number of ether oxygens (including phenoxy) is 1. The quantitative estimate of drug-likeness (QED) is 0.320. The number of halogens is 2. The van der Waals surface area contributed by atoms with Crippen LogP contribution in [0.5, 0.6) is 5.75 Å². The molecule has 0 N–H and O–H groups in total. The van der Waals surface area contributed by atoms with Gasteiger partial charge in [0.1, 0.15) is 12.4 Å². The van der Waals surface area contributed by atoms with E-state index in [9.17, 15) is 13.6 Å². The molecule has 0 amide bonds. The van der Waals surface area contributed by atoms with Crippen LogP contribution >= 0.6 is 0 Å². The Balaban J connectivity index is 0.000000328. The number of benzene rings is 2. The molecule has 182 valence electrons. The molecule has 1 aliphatic rings. The number of piperidine rings is 1. The normalized spacial score (nSPS) is 13.5. The van der Waals surface area contributed by atoms with Crippen molar-refractivity contribution in [3.8, 4) is 5.75 Å². The summed E-state index contributed by atoms with van der Waals surface area (Å²) >= 11 is 0. The average molecular weight is 460 g/mol. The van der Waals surface area contributed by atoms with E-state index in [0.29, 0.717) is 31.6 Å². The summed E-state index contributed by atoms with van der Waals surface area (Å²) in [5, 5.41) is 0. The van der Waals surface area contributed by atoms with Gasteiger partial charge in [-0.05, 0) is 5.56 Å². The lowest BCUT2D eigenvalue weighted by Crippen LogP contribution is -2.33. The maximum atomic E-state index is 13.9. The van der Waals surface area contributed by atoms with Crippen molar-refractivity contribution >= 4 is 11.5 Å². The first-order valence-electron chi connectivity index (χ1n) is 12.5. The Morgan fingerprint density at radius 1 is 0.848 bits per heavy atom. The Morgan fingerprint density at radius 3 is 2.00 bits per heavy atom. The Labute approximate surface area is 198 Å². The smallest absolute Gasteiger partial charge is 0.200 e. The predicted octanol–water partition coefficient (Wildman–Crippen LogP) is 7.86. The van der Waals surface area contributed by atoms with Crippen LogP contribution in [-0.2, 0) is 11.4 Å². The molecule has 2 aromatic rings. The maximum absolute atomic E-state index is 13.9. The number of hydrogen-bond donors (Lipinski definition) is 0. The molecule has 33 heavy (non-hydrogen) atoms. The molecule has 1 saturated heterocycles. The highest BCUT2D eigenvalue weighted by Crippen LogP contribution is 2.29. The summed E-state index contributed by atoms with van der Waals surface area (Å²) in [7, 11) is 0. The third-order valence-electron chi connectivity index (χ3n) is 5.86. The van der Waals surface area contributed by atoms with E-state index >= 15 is 0 Å². The summed E-state index contributed by atoms with van der Waals surface area (Å²) in [6.45, 7) is 5.74. The number of anilines is 1. The van der Waals surface area contributed by atoms with E-state index in [1.807, 2.05) is 35.2 Å². The minimum atomic E-state index is -0.988. The van der Waals surface area contributed by atoms with Gasteiger partial charge in [0.25, 0.3) is 0 Å². The van der Waals surface area contributed by atoms with Gasteiger partial charge in [0.05, 0.1) is 0 Å². The zero-order valence-electron chi connectivity index (χ0n) is 20.3. The van der Waals surface area contributed by atoms with Crippen molar-refractivity contribution in [3.05, 3.63) is 59.7 Å². The fraction of sp³-hybridized carbons (Fsp3) is 0.536. The summed E-state index contributed by atoms with van der Waals surface area (Å²) in [4.78, 5) is 13.2. The number of ketones is 1. The van der Waals surface area contributed by atoms with Gasteiger partial charge in [0, 0.05) is 43.8 Å². The molecule has 0 saturated carbocycles. The third kappa shape index (κ3) is 9.93. The summed E-state index contributed by atoms with van der Waals surface area (Å²) < 4.78 is 33.2. The van der Waals surface area contributed by atoms with Gasteiger partial charge in [-0.15, -0.1) is 0 Å². The molecule has 0 aromatic heterocycles. The fourth-order valence-corrected chi connectivity index (χ4v) is 3.79. The van der Waals surface area contributed by atoms with Gasteiger partial charge < -0.3 is 9.64 Å². The van der Waals surface area contributed by atoms with Crippen LogP contribution in [0.25, 0.3) is 0 Å². The highest BCUT2D eigenvalue weighted by Gasteiger charge is 2.20. The van der Waals surface area contributed by atoms with Crippen molar-refractivity contribution in [2.45, 2.75) is 84.7 Å². The van der Waals surface area contributed by atoms with Crippen molar-refractivity contribution in [2.75, 3.05) is 18.0 Å². The van der Waals surface area contributed by atoms with E-state index in [4.69, 9.17) is 4.74 Å². The summed E-state index contributed by atoms with van der Waals surface area (Å²) in [6.07, 6.45) is 12.3. The summed E-state index contributed by atoms with van der Waals surface area (Å²) in [5.41, 5.74) is 1.42. The molecule has 0 radical (unpaired) electrons. The van der Waals surface area contributed by atoms with Crippen molar-refractivity contribution in [1.29, 1.82) is 0 Å². The van der Waals surface area contributed by atoms with Crippen LogP contribution in [0, 0.1) is 11.6 Å². The topological polar surface area (TPSA) is 29.5 Å². The molecule has 0 atom stereocenters. The van der Waals surface area contributed by atoms with Gasteiger partial charge in [0.2, 0.25) is 5.82 Å². The number of unbranched alkanes of at least 4 members (excludes halogenated alkanes) is 7. The Bertz CT molecular complexity index is 808. The molecule has 3 rings (SSSR count). The number of hydrogen-bond acceptors (Lipinski definition) is 3. The molecule has 2 aromatic carbocycles. The van der Waals surface area contributed by atoms with Crippen LogP contribution in [0.15, 0.2) is 42.5 Å². The number of nitrogens with zero attached hydrogens (tertiary/aromatic N) is 1. The average Bonchev–Trinajstić information content (AvgIpc) is 2.84. The number of carbonyl (C=O) groups excluding carboxylic acids is 1. The molecular weight excluding hydrogens is 420 g/mol. The second-order valence-corrected chi connectivity index (χ2v) is 8.66. The molecule has 0 spiro atoms. The van der Waals surface area contributed by atoms with Gasteiger partial charge in [-0.25, -0.2) is 4.39 Å². The summed E-state index contributed by atoms with van der Waals surface area (Å²) in [5.74, 6) is -1.84. The molecule has 1 fully saturated rings. The standard InChI is InChI=1S/C18H17F2NO2.C10H22/c19-16-10-14(21-8-6-15(22)7-9-21)11-17(18(16)20)23-12-13-4-2-1-3-5-13;1-3-5-7-9-10-8-6-4-2/h1-5,10-11H,6-9,12H2;3-10H2,1-2H3. The second-order valence-electron chi connectivity index (χ2n) is 8.66. The Hall–Kier alpha value is -2.43. The molecule has 0 aliphatic carbocycles. The third-order valence-corrected chi connectivity index (χ3v) is 5.86. The molecule has 0 bridgehead atoms. The summed E-state index contributed by atoms with van der Waals surface area (Å²) in [6, 6.07) is 12.0. The van der Waals surface area contributed by atoms with Crippen LogP contribution in [-0.4, -0.2) is 18.9 Å². The van der Waals surface area contributed by atoms with E-state index in [-0.39, 0.29) is 18.1 Å². The highest BCUT2D eigenvalue weighted by atomic mass is 19.2. The molecule has 0 unspecified atom stereocenters. The van der Waals surface area contributed by atoms with E-state index in [2.05, 4.69) is 13.8 Å². The van der Waals surface area contributed by atoms with Crippen molar-refractivity contribution in [3.63, 3.8) is 0 Å². The van der Waals surface area contributed by atoms with Gasteiger partial charge in [-0.2, -0.15) is 4.39 Å². The van der Waals surface area contributed by atoms with Crippen LogP contribution in [0.3, 0.4) is 0 Å². The van der Waals surface area contributed by atoms with Crippen molar-refractivity contribution in [2.24, 2.45) is 0 Å². The number of rotatable bonds is 11. The van der Waals surface area contributed by atoms with Crippen molar-refractivity contribution < 1.29 is 18.3 Å². The van der Waals surface area contributed by atoms with E-state index in [1.54, 1.807) is 0 Å². The second kappa shape index (κ2) is 15.4. The number of carbonyl (C=O) groups is 1. The maximum Gasteiger partial charge on any atom is 0.200 e. The fourth-order valence-electron chi connectivity index (χ4n) is 3.79. The monoisotopic (exact) mass is 459 g/mol. The lowest BCUT2D eigenvalue weighted by Gasteiger charge is -2.28. The first-order chi connectivity index (χ1) is 16.0. The molecule has 1 heterocycles. The zero-order valence-corrected chi connectivity index (χ0v) is 20.3. The Morgan fingerprint density at radius 2 is 1.42 bits per heavy atom. The molecule has 3 nitrogen and oxygen atoms in total. The van der Waals surface area contributed by atoms with E-state index in [1.165, 1.54) is 57.4 Å². The first kappa shape index (κ1) is 26.8. The highest BCUT2D eigenvalue weighted by molar-refractivity contribution is 5.81. The van der Waals surface area contributed by atoms with Gasteiger partial charge in [0.15, 0.2) is 11.6 Å². The van der Waals surface area contributed by atoms with Gasteiger partial charge >= 0.3 is 0 Å². The molecule has 1 aliphatic heterocycles. The largest absolute Gasteiger partial charge is 0.486 e. The van der Waals surface area contributed by atoms with Crippen LogP contribution < -0.4 is 9.64 Å². The van der Waals surface area contributed by atoms with Crippen LogP contribution in [0.2, 0.25) is 0 Å². The Kier molecular flexibility index (Phi) is 12.5. The number of Topliss-reactive ketones (excluding diaryl/α,β-unsaturated/α-hetero) is 1. The first-order valence-corrected chi connectivity index (χ1v) is 12.5. The minimum Gasteiger partial charge on any atom is -0.486 e. The lowest BCUT2D eigenvalue weighted by molar-refractivity contribution is -0.119.